The van der Waals surface area contributed by atoms with Crippen LogP contribution in [0.3, 0.4) is 0 Å². The fraction of sp³-hybridized carbons (Fsp3) is 0.0952. The average molecular weight is 462 g/mol. The number of rotatable bonds is 7. The van der Waals surface area contributed by atoms with E-state index in [1.807, 2.05) is 0 Å². The van der Waals surface area contributed by atoms with Gasteiger partial charge in [-0.15, -0.1) is 0 Å². The highest BCUT2D eigenvalue weighted by Gasteiger charge is 2.21. The summed E-state index contributed by atoms with van der Waals surface area (Å²) < 4.78 is 52.0. The van der Waals surface area contributed by atoms with E-state index in [4.69, 9.17) is 21.7 Å². The molecule has 0 spiro atoms. The third-order valence-corrected chi connectivity index (χ3v) is 5.80. The molecule has 0 aliphatic carbocycles. The Balaban J connectivity index is 1.85. The molecular weight excluding hydrogens is 441 g/mol. The zero-order valence-corrected chi connectivity index (χ0v) is 18.3. The molecule has 0 radical (unpaired) electrons. The monoisotopic (exact) mass is 461 g/mol. The predicted molar refractivity (Wildman–Crippen MR) is 123 cm³/mol. The molecule has 0 amide bonds. The van der Waals surface area contributed by atoms with Crippen molar-refractivity contribution in [3.05, 3.63) is 72.5 Å². The maximum atomic E-state index is 13.1. The van der Waals surface area contributed by atoms with Crippen LogP contribution in [0.2, 0.25) is 0 Å². The van der Waals surface area contributed by atoms with Crippen LogP contribution in [0.5, 0.6) is 11.5 Å². The molecule has 3 aromatic carbocycles. The average Bonchev–Trinajstić information content (AvgIpc) is 2.76. The van der Waals surface area contributed by atoms with E-state index in [9.17, 15) is 12.8 Å². The molecule has 0 aliphatic rings. The molecular formula is C21H20FN3O4S2. The lowest BCUT2D eigenvalue weighted by molar-refractivity contribution is 0.413. The van der Waals surface area contributed by atoms with E-state index in [0.29, 0.717) is 22.9 Å². The standard InChI is InChI=1S/C21H20FN3O4S2/c1-28-17-9-7-16(8-10-17)25-31(26,27)20-13-18(29-2)11-12-19(20)24-21(30)23-15-5-3-14(22)4-6-15/h3-13,25H,1-2H3,(H2,23,24,30). The Labute approximate surface area is 185 Å². The van der Waals surface area contributed by atoms with Crippen molar-refractivity contribution in [1.29, 1.82) is 0 Å². The maximum Gasteiger partial charge on any atom is 0.264 e. The van der Waals surface area contributed by atoms with Gasteiger partial charge in [-0.05, 0) is 72.9 Å². The highest BCUT2D eigenvalue weighted by molar-refractivity contribution is 7.93. The third-order valence-electron chi connectivity index (χ3n) is 4.17. The molecule has 3 rings (SSSR count). The molecule has 0 aromatic heterocycles. The largest absolute Gasteiger partial charge is 0.497 e. The van der Waals surface area contributed by atoms with E-state index in [-0.39, 0.29) is 21.5 Å². The van der Waals surface area contributed by atoms with Gasteiger partial charge in [-0.1, -0.05) is 0 Å². The van der Waals surface area contributed by atoms with E-state index in [0.717, 1.165) is 0 Å². The molecule has 0 saturated carbocycles. The van der Waals surface area contributed by atoms with Gasteiger partial charge in [-0.25, -0.2) is 12.8 Å². The molecule has 0 saturated heterocycles. The molecule has 7 nitrogen and oxygen atoms in total. The Morgan fingerprint density at radius 2 is 1.42 bits per heavy atom. The summed E-state index contributed by atoms with van der Waals surface area (Å²) >= 11 is 5.28. The van der Waals surface area contributed by atoms with E-state index in [1.54, 1.807) is 36.4 Å². The first kappa shape index (κ1) is 22.3. The van der Waals surface area contributed by atoms with Gasteiger partial charge in [0, 0.05) is 17.4 Å². The van der Waals surface area contributed by atoms with E-state index in [1.165, 1.54) is 44.6 Å². The van der Waals surface area contributed by atoms with E-state index >= 15 is 0 Å². The first-order chi connectivity index (χ1) is 14.8. The number of sulfonamides is 1. The summed E-state index contributed by atoms with van der Waals surface area (Å²) in [5.41, 5.74) is 1.15. The second-order valence-corrected chi connectivity index (χ2v) is 8.34. The van der Waals surface area contributed by atoms with Crippen molar-refractivity contribution in [2.45, 2.75) is 4.90 Å². The number of hydrogen-bond acceptors (Lipinski definition) is 5. The minimum Gasteiger partial charge on any atom is -0.497 e. The lowest BCUT2D eigenvalue weighted by Crippen LogP contribution is -2.22. The molecule has 31 heavy (non-hydrogen) atoms. The lowest BCUT2D eigenvalue weighted by atomic mass is 10.3. The summed E-state index contributed by atoms with van der Waals surface area (Å²) in [5.74, 6) is 0.583. The van der Waals surface area contributed by atoms with Gasteiger partial charge >= 0.3 is 0 Å². The number of methoxy groups -OCH3 is 2. The van der Waals surface area contributed by atoms with Gasteiger partial charge in [-0.3, -0.25) is 4.72 Å². The molecule has 3 aromatic rings. The minimum atomic E-state index is -3.99. The number of thiocarbonyl (C=S) groups is 1. The SMILES string of the molecule is COc1ccc(NS(=O)(=O)c2cc(OC)ccc2NC(=S)Nc2ccc(F)cc2)cc1. The molecule has 3 N–H and O–H groups in total. The van der Waals surface area contributed by atoms with Crippen LogP contribution in [0.1, 0.15) is 0 Å². The van der Waals surface area contributed by atoms with E-state index in [2.05, 4.69) is 15.4 Å². The first-order valence-electron chi connectivity index (χ1n) is 8.99. The molecule has 162 valence electrons. The number of benzene rings is 3. The number of halogens is 1. The van der Waals surface area contributed by atoms with Crippen LogP contribution in [0.15, 0.2) is 71.6 Å². The van der Waals surface area contributed by atoms with Gasteiger partial charge in [0.15, 0.2) is 5.11 Å². The zero-order valence-electron chi connectivity index (χ0n) is 16.7. The van der Waals surface area contributed by atoms with Gasteiger partial charge in [0.1, 0.15) is 22.2 Å². The van der Waals surface area contributed by atoms with Crippen LogP contribution in [0.25, 0.3) is 0 Å². The molecule has 0 fully saturated rings. The second kappa shape index (κ2) is 9.63. The molecule has 0 atom stereocenters. The van der Waals surface area contributed by atoms with Gasteiger partial charge in [0.2, 0.25) is 0 Å². The normalized spacial score (nSPS) is 10.8. The fourth-order valence-corrected chi connectivity index (χ4v) is 4.11. The lowest BCUT2D eigenvalue weighted by Gasteiger charge is -2.16. The third kappa shape index (κ3) is 5.83. The van der Waals surface area contributed by atoms with Gasteiger partial charge < -0.3 is 20.1 Å². The summed E-state index contributed by atoms with van der Waals surface area (Å²) in [6.45, 7) is 0. The zero-order chi connectivity index (χ0) is 22.4. The summed E-state index contributed by atoms with van der Waals surface area (Å²) in [5, 5.41) is 5.88. The Bertz CT molecular complexity index is 1170. The second-order valence-electron chi connectivity index (χ2n) is 6.28. The summed E-state index contributed by atoms with van der Waals surface area (Å²) in [4.78, 5) is -0.0640. The van der Waals surface area contributed by atoms with Crippen LogP contribution in [0, 0.1) is 5.82 Å². The van der Waals surface area contributed by atoms with Gasteiger partial charge in [0.05, 0.1) is 19.9 Å². The summed E-state index contributed by atoms with van der Waals surface area (Å²) in [7, 11) is -1.03. The van der Waals surface area contributed by atoms with Crippen molar-refractivity contribution in [2.24, 2.45) is 0 Å². The van der Waals surface area contributed by atoms with Crippen molar-refractivity contribution in [2.75, 3.05) is 29.6 Å². The molecule has 0 unspecified atom stereocenters. The first-order valence-corrected chi connectivity index (χ1v) is 10.9. The Morgan fingerprint density at radius 3 is 2.03 bits per heavy atom. The minimum absolute atomic E-state index is 0.0640. The molecule has 0 aliphatic heterocycles. The highest BCUT2D eigenvalue weighted by Crippen LogP contribution is 2.29. The van der Waals surface area contributed by atoms with Crippen molar-refractivity contribution < 1.29 is 22.3 Å². The number of ether oxygens (including phenoxy) is 2. The van der Waals surface area contributed by atoms with Crippen molar-refractivity contribution in [1.82, 2.24) is 0 Å². The van der Waals surface area contributed by atoms with Crippen LogP contribution < -0.4 is 24.8 Å². The smallest absolute Gasteiger partial charge is 0.264 e. The van der Waals surface area contributed by atoms with Gasteiger partial charge in [-0.2, -0.15) is 0 Å². The number of anilines is 3. The number of hydrogen-bond donors (Lipinski definition) is 3. The maximum absolute atomic E-state index is 13.1. The topological polar surface area (TPSA) is 88.7 Å². The van der Waals surface area contributed by atoms with Crippen LogP contribution in [0.4, 0.5) is 21.5 Å². The van der Waals surface area contributed by atoms with E-state index < -0.39 is 10.0 Å². The van der Waals surface area contributed by atoms with Crippen molar-refractivity contribution >= 4 is 44.4 Å². The molecule has 0 bridgehead atoms. The van der Waals surface area contributed by atoms with Crippen LogP contribution in [-0.2, 0) is 10.0 Å². The van der Waals surface area contributed by atoms with Crippen LogP contribution >= 0.6 is 12.2 Å². The Hall–Kier alpha value is -3.37. The molecule has 0 heterocycles. The van der Waals surface area contributed by atoms with Crippen LogP contribution in [-0.4, -0.2) is 27.7 Å². The number of nitrogens with one attached hydrogen (secondary N) is 3. The quantitative estimate of drug-likeness (QED) is 0.448. The summed E-state index contributed by atoms with van der Waals surface area (Å²) in [6, 6.07) is 16.6. The van der Waals surface area contributed by atoms with Gasteiger partial charge in [0.25, 0.3) is 10.0 Å². The van der Waals surface area contributed by atoms with Crippen molar-refractivity contribution in [3.63, 3.8) is 0 Å². The predicted octanol–water partition coefficient (Wildman–Crippen LogP) is 4.45. The Morgan fingerprint density at radius 1 is 0.839 bits per heavy atom. The molecule has 10 heteroatoms. The fourth-order valence-electron chi connectivity index (χ4n) is 2.64. The highest BCUT2D eigenvalue weighted by atomic mass is 32.2. The summed E-state index contributed by atoms with van der Waals surface area (Å²) in [6.07, 6.45) is 0. The van der Waals surface area contributed by atoms with Crippen molar-refractivity contribution in [3.8, 4) is 11.5 Å². The Kier molecular flexibility index (Phi) is 6.93.